The molecule has 1 fully saturated rings. The predicted octanol–water partition coefficient (Wildman–Crippen LogP) is 3.07. The summed E-state index contributed by atoms with van der Waals surface area (Å²) in [5, 5.41) is 4.29. The van der Waals surface area contributed by atoms with Gasteiger partial charge in [0, 0.05) is 43.9 Å². The summed E-state index contributed by atoms with van der Waals surface area (Å²) in [6.45, 7) is 2.54. The van der Waals surface area contributed by atoms with E-state index in [1.54, 1.807) is 0 Å². The number of hydrogen-bond acceptors (Lipinski definition) is 2. The fourth-order valence-electron chi connectivity index (χ4n) is 4.15. The lowest BCUT2D eigenvalue weighted by Gasteiger charge is -2.35. The van der Waals surface area contributed by atoms with Gasteiger partial charge in [-0.25, -0.2) is 4.39 Å². The lowest BCUT2D eigenvalue weighted by Crippen LogP contribution is -2.43. The van der Waals surface area contributed by atoms with E-state index in [1.807, 2.05) is 29.1 Å². The topological polar surface area (TPSA) is 38.1 Å². The number of halogens is 1. The van der Waals surface area contributed by atoms with Crippen molar-refractivity contribution in [3.63, 3.8) is 0 Å². The highest BCUT2D eigenvalue weighted by atomic mass is 19.1. The van der Waals surface area contributed by atoms with Crippen molar-refractivity contribution in [2.45, 2.75) is 38.6 Å². The average Bonchev–Trinajstić information content (AvgIpc) is 3.11. The van der Waals surface area contributed by atoms with Crippen molar-refractivity contribution in [1.82, 2.24) is 14.7 Å². The second-order valence-electron chi connectivity index (χ2n) is 7.33. The van der Waals surface area contributed by atoms with Crippen LogP contribution in [0.2, 0.25) is 0 Å². The zero-order chi connectivity index (χ0) is 17.2. The summed E-state index contributed by atoms with van der Waals surface area (Å²) in [6.07, 6.45) is 6.58. The minimum Gasteiger partial charge on any atom is -0.342 e. The number of piperidine rings is 1. The molecule has 132 valence electrons. The van der Waals surface area contributed by atoms with E-state index in [1.165, 1.54) is 23.4 Å². The molecule has 0 aliphatic carbocycles. The van der Waals surface area contributed by atoms with Gasteiger partial charge >= 0.3 is 0 Å². The van der Waals surface area contributed by atoms with Gasteiger partial charge in [0.25, 0.3) is 0 Å². The highest BCUT2D eigenvalue weighted by Gasteiger charge is 2.31. The van der Waals surface area contributed by atoms with Crippen LogP contribution in [0.1, 0.15) is 30.5 Å². The van der Waals surface area contributed by atoms with Crippen LogP contribution >= 0.6 is 0 Å². The molecule has 0 radical (unpaired) electrons. The summed E-state index contributed by atoms with van der Waals surface area (Å²) in [6, 6.07) is 8.83. The van der Waals surface area contributed by atoms with E-state index in [0.717, 1.165) is 51.7 Å². The van der Waals surface area contributed by atoms with Gasteiger partial charge in [0.15, 0.2) is 0 Å². The number of benzene rings is 1. The molecule has 4 rings (SSSR count). The standard InChI is InChI=1S/C20H24FN3O/c21-18-3-1-15(2-4-18)13-16-6-10-23(11-7-16)20(25)17-8-12-24-19(14-17)5-9-22-24/h1-5,9,16-17H,6-8,10-14H2. The molecule has 4 nitrogen and oxygen atoms in total. The molecule has 5 heteroatoms. The van der Waals surface area contributed by atoms with E-state index in [2.05, 4.69) is 10.00 Å². The van der Waals surface area contributed by atoms with Gasteiger partial charge < -0.3 is 4.90 Å². The molecule has 1 saturated heterocycles. The summed E-state index contributed by atoms with van der Waals surface area (Å²) >= 11 is 0. The van der Waals surface area contributed by atoms with Gasteiger partial charge in [-0.05, 0) is 55.4 Å². The van der Waals surface area contributed by atoms with Crippen LogP contribution in [-0.4, -0.2) is 33.7 Å². The molecule has 1 aromatic heterocycles. The molecule has 25 heavy (non-hydrogen) atoms. The first-order valence-electron chi connectivity index (χ1n) is 9.23. The Hall–Kier alpha value is -2.17. The molecule has 1 atom stereocenters. The molecule has 0 bridgehead atoms. The van der Waals surface area contributed by atoms with Crippen molar-refractivity contribution < 1.29 is 9.18 Å². The second-order valence-corrected chi connectivity index (χ2v) is 7.33. The Labute approximate surface area is 147 Å². The van der Waals surface area contributed by atoms with Crippen molar-refractivity contribution >= 4 is 5.91 Å². The lowest BCUT2D eigenvalue weighted by atomic mass is 9.88. The van der Waals surface area contributed by atoms with E-state index in [0.29, 0.717) is 11.8 Å². The zero-order valence-corrected chi connectivity index (χ0v) is 14.4. The van der Waals surface area contributed by atoms with Crippen LogP contribution in [0.3, 0.4) is 0 Å². The molecule has 2 aromatic rings. The van der Waals surface area contributed by atoms with Gasteiger partial charge in [-0.3, -0.25) is 9.48 Å². The van der Waals surface area contributed by atoms with Gasteiger partial charge in [-0.2, -0.15) is 5.10 Å². The number of carbonyl (C=O) groups excluding carboxylic acids is 1. The van der Waals surface area contributed by atoms with Crippen LogP contribution in [0.5, 0.6) is 0 Å². The van der Waals surface area contributed by atoms with Crippen molar-refractivity contribution in [2.75, 3.05) is 13.1 Å². The Balaban J connectivity index is 1.30. The average molecular weight is 341 g/mol. The van der Waals surface area contributed by atoms with Crippen LogP contribution in [0.4, 0.5) is 4.39 Å². The summed E-state index contributed by atoms with van der Waals surface area (Å²) in [4.78, 5) is 14.9. The Bertz CT molecular complexity index is 732. The normalized spacial score (nSPS) is 21.2. The highest BCUT2D eigenvalue weighted by molar-refractivity contribution is 5.79. The van der Waals surface area contributed by atoms with Crippen LogP contribution in [0.25, 0.3) is 0 Å². The third kappa shape index (κ3) is 3.60. The number of amides is 1. The van der Waals surface area contributed by atoms with Crippen LogP contribution in [0.15, 0.2) is 36.5 Å². The van der Waals surface area contributed by atoms with Crippen molar-refractivity contribution in [3.8, 4) is 0 Å². The fraction of sp³-hybridized carbons (Fsp3) is 0.500. The first-order chi connectivity index (χ1) is 12.2. The molecular weight excluding hydrogens is 317 g/mol. The summed E-state index contributed by atoms with van der Waals surface area (Å²) in [7, 11) is 0. The zero-order valence-electron chi connectivity index (χ0n) is 14.4. The van der Waals surface area contributed by atoms with E-state index in [4.69, 9.17) is 0 Å². The molecule has 0 spiro atoms. The number of carbonyl (C=O) groups is 1. The Kier molecular flexibility index (Phi) is 4.55. The molecule has 2 aliphatic rings. The number of rotatable bonds is 3. The van der Waals surface area contributed by atoms with E-state index in [-0.39, 0.29) is 11.7 Å². The van der Waals surface area contributed by atoms with Crippen molar-refractivity contribution in [2.24, 2.45) is 11.8 Å². The van der Waals surface area contributed by atoms with Crippen LogP contribution in [0, 0.1) is 17.7 Å². The van der Waals surface area contributed by atoms with Gasteiger partial charge in [-0.1, -0.05) is 12.1 Å². The van der Waals surface area contributed by atoms with Gasteiger partial charge in [0.2, 0.25) is 5.91 Å². The molecule has 0 saturated carbocycles. The molecule has 2 aliphatic heterocycles. The predicted molar refractivity (Wildman–Crippen MR) is 93.4 cm³/mol. The van der Waals surface area contributed by atoms with Crippen molar-refractivity contribution in [1.29, 1.82) is 0 Å². The second kappa shape index (κ2) is 6.98. The highest BCUT2D eigenvalue weighted by Crippen LogP contribution is 2.26. The Morgan fingerprint density at radius 2 is 1.84 bits per heavy atom. The van der Waals surface area contributed by atoms with Gasteiger partial charge in [-0.15, -0.1) is 0 Å². The molecule has 0 N–H and O–H groups in total. The third-order valence-electron chi connectivity index (χ3n) is 5.66. The number of nitrogens with zero attached hydrogens (tertiary/aromatic N) is 3. The molecule has 1 unspecified atom stereocenters. The number of aromatic nitrogens is 2. The van der Waals surface area contributed by atoms with Gasteiger partial charge in [0.05, 0.1) is 0 Å². The molecule has 1 aromatic carbocycles. The van der Waals surface area contributed by atoms with Crippen LogP contribution in [-0.2, 0) is 24.2 Å². The third-order valence-corrected chi connectivity index (χ3v) is 5.66. The molecule has 3 heterocycles. The maximum absolute atomic E-state index is 13.0. The summed E-state index contributed by atoms with van der Waals surface area (Å²) in [5.74, 6) is 0.825. The maximum atomic E-state index is 13.0. The smallest absolute Gasteiger partial charge is 0.226 e. The quantitative estimate of drug-likeness (QED) is 0.860. The molecular formula is C20H24FN3O. The van der Waals surface area contributed by atoms with E-state index < -0.39 is 0 Å². The number of aryl methyl sites for hydroxylation is 1. The monoisotopic (exact) mass is 341 g/mol. The van der Waals surface area contributed by atoms with Gasteiger partial charge in [0.1, 0.15) is 5.82 Å². The number of fused-ring (bicyclic) bond motifs is 1. The lowest BCUT2D eigenvalue weighted by molar-refractivity contribution is -0.137. The number of hydrogen-bond donors (Lipinski definition) is 0. The van der Waals surface area contributed by atoms with Crippen LogP contribution < -0.4 is 0 Å². The molecule has 1 amide bonds. The van der Waals surface area contributed by atoms with Crippen molar-refractivity contribution in [3.05, 3.63) is 53.6 Å². The first-order valence-corrected chi connectivity index (χ1v) is 9.23. The number of likely N-dealkylation sites (tertiary alicyclic amines) is 1. The van der Waals surface area contributed by atoms with E-state index in [9.17, 15) is 9.18 Å². The largest absolute Gasteiger partial charge is 0.342 e. The minimum absolute atomic E-state index is 0.109. The summed E-state index contributed by atoms with van der Waals surface area (Å²) in [5.41, 5.74) is 2.36. The Morgan fingerprint density at radius 3 is 2.60 bits per heavy atom. The first kappa shape index (κ1) is 16.3. The minimum atomic E-state index is -0.182. The summed E-state index contributed by atoms with van der Waals surface area (Å²) < 4.78 is 15.0. The SMILES string of the molecule is O=C(C1CCn2nccc2C1)N1CCC(Cc2ccc(F)cc2)CC1. The fourth-order valence-corrected chi connectivity index (χ4v) is 4.15. The maximum Gasteiger partial charge on any atom is 0.226 e. The Morgan fingerprint density at radius 1 is 1.08 bits per heavy atom. The van der Waals surface area contributed by atoms with E-state index >= 15 is 0 Å².